The lowest BCUT2D eigenvalue weighted by Gasteiger charge is -2.29. The number of halogens is 2. The number of carbonyl (C=O) groups is 2. The highest BCUT2D eigenvalue weighted by molar-refractivity contribution is 5.85. The molecule has 0 radical (unpaired) electrons. The van der Waals surface area contributed by atoms with E-state index < -0.39 is 17.7 Å². The second-order valence-corrected chi connectivity index (χ2v) is 6.94. The summed E-state index contributed by atoms with van der Waals surface area (Å²) in [5, 5.41) is 5.42. The number of ether oxygens (including phenoxy) is 2. The third kappa shape index (κ3) is 20.1. The van der Waals surface area contributed by atoms with E-state index in [1.165, 1.54) is 0 Å². The molecular formula is C19H42Cl2N4O4. The molecule has 0 atom stereocenters. The summed E-state index contributed by atoms with van der Waals surface area (Å²) >= 11 is 0. The first-order valence-corrected chi connectivity index (χ1v) is 10.3. The number of nitrogens with one attached hydrogen (secondary N) is 2. The lowest BCUT2D eigenvalue weighted by molar-refractivity contribution is 0.115. The van der Waals surface area contributed by atoms with Crippen LogP contribution in [0.4, 0.5) is 9.59 Å². The minimum atomic E-state index is -0.553. The van der Waals surface area contributed by atoms with Crippen LogP contribution in [0.2, 0.25) is 0 Å². The van der Waals surface area contributed by atoms with Gasteiger partial charge in [0, 0.05) is 18.6 Å². The molecule has 2 amide bonds. The summed E-state index contributed by atoms with van der Waals surface area (Å²) in [5.41, 5.74) is 11.5. The van der Waals surface area contributed by atoms with Crippen molar-refractivity contribution in [3.63, 3.8) is 0 Å². The summed E-state index contributed by atoms with van der Waals surface area (Å²) in [6.45, 7) is 6.43. The Bertz CT molecular complexity index is 376. The van der Waals surface area contributed by atoms with Gasteiger partial charge in [-0.25, -0.2) is 9.59 Å². The van der Waals surface area contributed by atoms with E-state index in [2.05, 4.69) is 24.5 Å². The van der Waals surface area contributed by atoms with Crippen molar-refractivity contribution in [2.45, 2.75) is 77.2 Å². The fourth-order valence-electron chi connectivity index (χ4n) is 2.53. The lowest BCUT2D eigenvalue weighted by Crippen LogP contribution is -2.43. The topological polar surface area (TPSA) is 129 Å². The van der Waals surface area contributed by atoms with Gasteiger partial charge in [-0.3, -0.25) is 0 Å². The van der Waals surface area contributed by atoms with Crippen LogP contribution >= 0.6 is 24.8 Å². The molecule has 0 aromatic rings. The first-order valence-electron chi connectivity index (χ1n) is 10.3. The average molecular weight is 461 g/mol. The Morgan fingerprint density at radius 2 is 1.24 bits per heavy atom. The van der Waals surface area contributed by atoms with Crippen LogP contribution in [0.1, 0.15) is 71.6 Å². The Morgan fingerprint density at radius 3 is 1.62 bits per heavy atom. The van der Waals surface area contributed by atoms with Gasteiger partial charge in [0.15, 0.2) is 0 Å². The van der Waals surface area contributed by atoms with Crippen molar-refractivity contribution in [1.29, 1.82) is 0 Å². The van der Waals surface area contributed by atoms with Gasteiger partial charge in [-0.1, -0.05) is 33.1 Å². The number of alkyl carbamates (subject to hydrolysis) is 2. The molecule has 29 heavy (non-hydrogen) atoms. The van der Waals surface area contributed by atoms with E-state index in [1.807, 2.05) is 0 Å². The Hall–Kier alpha value is -0.960. The van der Waals surface area contributed by atoms with Crippen LogP contribution in [0.5, 0.6) is 0 Å². The maximum Gasteiger partial charge on any atom is 0.407 e. The fraction of sp³-hybridized carbons (Fsp3) is 0.895. The van der Waals surface area contributed by atoms with Gasteiger partial charge in [0.05, 0.1) is 13.2 Å². The molecule has 0 saturated heterocycles. The fourth-order valence-corrected chi connectivity index (χ4v) is 2.53. The minimum Gasteiger partial charge on any atom is -0.449 e. The van der Waals surface area contributed by atoms with Crippen LogP contribution in [0, 0.1) is 0 Å². The van der Waals surface area contributed by atoms with Crippen LogP contribution in [0.25, 0.3) is 0 Å². The Labute approximate surface area is 188 Å². The van der Waals surface area contributed by atoms with E-state index >= 15 is 0 Å². The second kappa shape index (κ2) is 21.7. The Balaban J connectivity index is -0.00000338. The number of carbonyl (C=O) groups excluding carboxylic acids is 2. The lowest BCUT2D eigenvalue weighted by atomic mass is 9.87. The maximum atomic E-state index is 11.6. The molecule has 0 unspecified atom stereocenters. The molecule has 0 aromatic carbocycles. The van der Waals surface area contributed by atoms with E-state index in [0.29, 0.717) is 32.5 Å². The summed E-state index contributed by atoms with van der Waals surface area (Å²) < 4.78 is 10.4. The molecule has 0 aromatic heterocycles. The molecule has 0 saturated carbocycles. The van der Waals surface area contributed by atoms with Crippen molar-refractivity contribution < 1.29 is 19.1 Å². The van der Waals surface area contributed by atoms with E-state index in [0.717, 1.165) is 44.9 Å². The van der Waals surface area contributed by atoms with E-state index in [1.54, 1.807) is 0 Å². The second-order valence-electron chi connectivity index (χ2n) is 6.94. The molecule has 0 heterocycles. The predicted octanol–water partition coefficient (Wildman–Crippen LogP) is 3.49. The Kier molecular flexibility index (Phi) is 24.5. The number of rotatable bonds is 16. The molecular weight excluding hydrogens is 419 g/mol. The highest BCUT2D eigenvalue weighted by Gasteiger charge is 2.25. The molecule has 0 aliphatic heterocycles. The molecule has 0 bridgehead atoms. The van der Waals surface area contributed by atoms with E-state index in [-0.39, 0.29) is 38.0 Å². The van der Waals surface area contributed by atoms with Gasteiger partial charge >= 0.3 is 12.2 Å². The molecule has 0 aliphatic rings. The van der Waals surface area contributed by atoms with Gasteiger partial charge in [-0.05, 0) is 45.1 Å². The zero-order valence-corrected chi connectivity index (χ0v) is 19.6. The van der Waals surface area contributed by atoms with E-state index in [4.69, 9.17) is 20.9 Å². The quantitative estimate of drug-likeness (QED) is 0.261. The van der Waals surface area contributed by atoms with Gasteiger partial charge < -0.3 is 31.6 Å². The molecule has 0 aliphatic carbocycles. The normalized spacial score (nSPS) is 10.3. The van der Waals surface area contributed by atoms with Crippen LogP contribution in [0.3, 0.4) is 0 Å². The van der Waals surface area contributed by atoms with Crippen molar-refractivity contribution in [3.05, 3.63) is 0 Å². The molecule has 0 rings (SSSR count). The minimum absolute atomic E-state index is 0. The van der Waals surface area contributed by atoms with Crippen molar-refractivity contribution in [2.24, 2.45) is 11.5 Å². The SMILES string of the molecule is CCCCNC(=O)OCCC(N)(CCCCN)CCOC(=O)NCCCC.Cl.Cl. The standard InChI is InChI=1S/C19H40N4O4.2ClH/c1-3-5-13-22-17(24)26-15-10-19(21,9-7-8-12-20)11-16-27-18(25)23-14-6-4-2;;/h3-16,20-21H2,1-2H3,(H,22,24)(H,23,25);2*1H. The first-order chi connectivity index (χ1) is 13.0. The van der Waals surface area contributed by atoms with E-state index in [9.17, 15) is 9.59 Å². The number of unbranched alkanes of at least 4 members (excludes halogenated alkanes) is 3. The summed E-state index contributed by atoms with van der Waals surface area (Å²) in [6.07, 6.45) is 6.58. The largest absolute Gasteiger partial charge is 0.449 e. The number of hydrogen-bond donors (Lipinski definition) is 4. The average Bonchev–Trinajstić information content (AvgIpc) is 2.62. The van der Waals surface area contributed by atoms with Crippen molar-refractivity contribution >= 4 is 37.0 Å². The Morgan fingerprint density at radius 1 is 0.793 bits per heavy atom. The smallest absolute Gasteiger partial charge is 0.407 e. The molecule has 0 fully saturated rings. The monoisotopic (exact) mass is 460 g/mol. The molecule has 176 valence electrons. The zero-order valence-electron chi connectivity index (χ0n) is 18.0. The number of hydrogen-bond acceptors (Lipinski definition) is 6. The zero-order chi connectivity index (χ0) is 20.4. The molecule has 6 N–H and O–H groups in total. The number of nitrogens with two attached hydrogens (primary N) is 2. The van der Waals surface area contributed by atoms with Crippen molar-refractivity contribution in [1.82, 2.24) is 10.6 Å². The number of amides is 2. The van der Waals surface area contributed by atoms with Crippen LogP contribution in [0.15, 0.2) is 0 Å². The van der Waals surface area contributed by atoms with Crippen molar-refractivity contribution in [2.75, 3.05) is 32.8 Å². The molecule has 10 heteroatoms. The van der Waals surface area contributed by atoms with Gasteiger partial charge in [0.25, 0.3) is 0 Å². The molecule has 0 spiro atoms. The first kappa shape index (κ1) is 32.7. The third-order valence-corrected chi connectivity index (χ3v) is 4.39. The molecule has 8 nitrogen and oxygen atoms in total. The van der Waals surface area contributed by atoms with Crippen LogP contribution < -0.4 is 22.1 Å². The summed E-state index contributed by atoms with van der Waals surface area (Å²) in [5.74, 6) is 0. The van der Waals surface area contributed by atoms with Gasteiger partial charge in [-0.2, -0.15) is 0 Å². The van der Waals surface area contributed by atoms with Crippen molar-refractivity contribution in [3.8, 4) is 0 Å². The third-order valence-electron chi connectivity index (χ3n) is 4.39. The van der Waals surface area contributed by atoms with Gasteiger partial charge in [0.1, 0.15) is 0 Å². The highest BCUT2D eigenvalue weighted by atomic mass is 35.5. The summed E-state index contributed by atoms with van der Waals surface area (Å²) in [6, 6.07) is 0. The predicted molar refractivity (Wildman–Crippen MR) is 122 cm³/mol. The van der Waals surface area contributed by atoms with Crippen LogP contribution in [-0.4, -0.2) is 50.6 Å². The van der Waals surface area contributed by atoms with Gasteiger partial charge in [0.2, 0.25) is 0 Å². The van der Waals surface area contributed by atoms with Crippen LogP contribution in [-0.2, 0) is 9.47 Å². The highest BCUT2D eigenvalue weighted by Crippen LogP contribution is 2.20. The summed E-state index contributed by atoms with van der Waals surface area (Å²) in [7, 11) is 0. The van der Waals surface area contributed by atoms with Gasteiger partial charge in [-0.15, -0.1) is 24.8 Å². The maximum absolute atomic E-state index is 11.6. The summed E-state index contributed by atoms with van der Waals surface area (Å²) in [4.78, 5) is 23.2.